The molecule has 4 nitrogen and oxygen atoms in total. The van der Waals surface area contributed by atoms with Crippen LogP contribution in [-0.4, -0.2) is 21.1 Å². The normalized spacial score (nSPS) is 12.6. The molecule has 28 heavy (non-hydrogen) atoms. The highest BCUT2D eigenvalue weighted by atomic mass is 32.1. The largest absolute Gasteiger partial charge is 0.417 e. The average molecular weight is 404 g/mol. The minimum Gasteiger partial charge on any atom is -0.250 e. The van der Waals surface area contributed by atoms with Crippen molar-refractivity contribution in [3.8, 4) is 11.4 Å². The van der Waals surface area contributed by atoms with Crippen molar-refractivity contribution in [2.75, 3.05) is 0 Å². The van der Waals surface area contributed by atoms with Gasteiger partial charge in [0.15, 0.2) is 5.82 Å². The number of halogens is 3. The van der Waals surface area contributed by atoms with Crippen molar-refractivity contribution >= 4 is 18.4 Å². The van der Waals surface area contributed by atoms with Crippen LogP contribution in [0.5, 0.6) is 0 Å². The molecule has 0 aliphatic rings. The molecule has 0 aliphatic heterocycles. The first-order valence-corrected chi connectivity index (χ1v) is 8.97. The highest BCUT2D eigenvalue weighted by molar-refractivity contribution is 7.71. The summed E-state index contributed by atoms with van der Waals surface area (Å²) >= 11 is 5.19. The van der Waals surface area contributed by atoms with Gasteiger partial charge in [-0.1, -0.05) is 63.2 Å². The highest BCUT2D eigenvalue weighted by Crippen LogP contribution is 2.31. The van der Waals surface area contributed by atoms with Crippen molar-refractivity contribution in [3.63, 3.8) is 0 Å². The van der Waals surface area contributed by atoms with Gasteiger partial charge in [-0.2, -0.15) is 28.0 Å². The molecule has 0 saturated heterocycles. The van der Waals surface area contributed by atoms with Gasteiger partial charge in [0, 0.05) is 11.1 Å². The van der Waals surface area contributed by atoms with Gasteiger partial charge in [0.2, 0.25) is 4.77 Å². The van der Waals surface area contributed by atoms with Crippen molar-refractivity contribution < 1.29 is 13.2 Å². The highest BCUT2D eigenvalue weighted by Gasteiger charge is 2.32. The Balaban J connectivity index is 1.99. The van der Waals surface area contributed by atoms with Gasteiger partial charge < -0.3 is 0 Å². The Bertz CT molecular complexity index is 1050. The maximum atomic E-state index is 13.2. The molecule has 0 amide bonds. The molecular formula is C20H19F3N4S. The second-order valence-electron chi connectivity index (χ2n) is 7.32. The Kier molecular flexibility index (Phi) is 5.25. The lowest BCUT2D eigenvalue weighted by atomic mass is 9.87. The van der Waals surface area contributed by atoms with E-state index in [0.29, 0.717) is 5.82 Å². The van der Waals surface area contributed by atoms with Gasteiger partial charge in [0.25, 0.3) is 0 Å². The number of alkyl halides is 3. The van der Waals surface area contributed by atoms with Gasteiger partial charge >= 0.3 is 6.18 Å². The molecule has 1 N–H and O–H groups in total. The summed E-state index contributed by atoms with van der Waals surface area (Å²) in [4.78, 5) is 0. The fraction of sp³-hybridized carbons (Fsp3) is 0.250. The van der Waals surface area contributed by atoms with E-state index in [0.717, 1.165) is 23.4 Å². The van der Waals surface area contributed by atoms with E-state index < -0.39 is 11.7 Å². The molecule has 1 aromatic heterocycles. The number of hydrogen-bond donors (Lipinski definition) is 1. The number of aromatic nitrogens is 3. The third-order valence-corrected chi connectivity index (χ3v) is 4.50. The molecule has 0 saturated carbocycles. The Labute approximate surface area is 165 Å². The Hall–Kier alpha value is -2.74. The fourth-order valence-corrected chi connectivity index (χ4v) is 2.87. The van der Waals surface area contributed by atoms with Crippen LogP contribution in [0.15, 0.2) is 53.6 Å². The van der Waals surface area contributed by atoms with E-state index in [1.54, 1.807) is 0 Å². The van der Waals surface area contributed by atoms with Crippen LogP contribution in [0.3, 0.4) is 0 Å². The number of benzene rings is 2. The summed E-state index contributed by atoms with van der Waals surface area (Å²) < 4.78 is 41.0. The summed E-state index contributed by atoms with van der Waals surface area (Å²) in [5.41, 5.74) is 1.10. The molecule has 8 heteroatoms. The van der Waals surface area contributed by atoms with Crippen LogP contribution < -0.4 is 0 Å². The number of aromatic amines is 1. The molecule has 146 valence electrons. The maximum Gasteiger partial charge on any atom is 0.417 e. The van der Waals surface area contributed by atoms with E-state index in [4.69, 9.17) is 12.2 Å². The summed E-state index contributed by atoms with van der Waals surface area (Å²) in [6.07, 6.45) is -3.33. The molecule has 1 heterocycles. The third-order valence-electron chi connectivity index (χ3n) is 4.24. The minimum absolute atomic E-state index is 0.00269. The van der Waals surface area contributed by atoms with Gasteiger partial charge in [-0.05, 0) is 29.3 Å². The zero-order valence-corrected chi connectivity index (χ0v) is 16.4. The van der Waals surface area contributed by atoms with Crippen molar-refractivity contribution in [2.24, 2.45) is 5.10 Å². The van der Waals surface area contributed by atoms with Gasteiger partial charge in [-0.25, -0.2) is 5.10 Å². The molecule has 0 bridgehead atoms. The Morgan fingerprint density at radius 1 is 1.04 bits per heavy atom. The van der Waals surface area contributed by atoms with Gasteiger partial charge in [-0.15, -0.1) is 0 Å². The summed E-state index contributed by atoms with van der Waals surface area (Å²) in [7, 11) is 0. The molecule has 3 aromatic rings. The van der Waals surface area contributed by atoms with Gasteiger partial charge in [-0.3, -0.25) is 0 Å². The SMILES string of the molecule is CC(C)(C)c1ccc(-c2n[nH]c(=S)n2N=Cc2ccccc2C(F)(F)F)cc1. The van der Waals surface area contributed by atoms with Gasteiger partial charge in [0.1, 0.15) is 0 Å². The zero-order valence-electron chi connectivity index (χ0n) is 15.6. The molecule has 0 aliphatic carbocycles. The van der Waals surface area contributed by atoms with Crippen LogP contribution in [-0.2, 0) is 11.6 Å². The Morgan fingerprint density at radius 3 is 2.29 bits per heavy atom. The molecule has 0 atom stereocenters. The number of hydrogen-bond acceptors (Lipinski definition) is 3. The lowest BCUT2D eigenvalue weighted by Gasteiger charge is -2.18. The summed E-state index contributed by atoms with van der Waals surface area (Å²) in [6.45, 7) is 6.33. The summed E-state index contributed by atoms with van der Waals surface area (Å²) in [5.74, 6) is 0.422. The minimum atomic E-state index is -4.47. The van der Waals surface area contributed by atoms with E-state index >= 15 is 0 Å². The lowest BCUT2D eigenvalue weighted by molar-refractivity contribution is -0.137. The van der Waals surface area contributed by atoms with Crippen LogP contribution in [0.4, 0.5) is 13.2 Å². The van der Waals surface area contributed by atoms with Crippen molar-refractivity contribution in [2.45, 2.75) is 32.4 Å². The molecule has 0 unspecified atom stereocenters. The van der Waals surface area contributed by atoms with Crippen molar-refractivity contribution in [1.82, 2.24) is 14.9 Å². The summed E-state index contributed by atoms with van der Waals surface area (Å²) in [6, 6.07) is 13.0. The number of nitrogens with one attached hydrogen (secondary N) is 1. The number of nitrogens with zero attached hydrogens (tertiary/aromatic N) is 3. The molecular weight excluding hydrogens is 385 g/mol. The first-order chi connectivity index (χ1) is 13.1. The van der Waals surface area contributed by atoms with E-state index in [9.17, 15) is 13.2 Å². The molecule has 3 rings (SSSR count). The second kappa shape index (κ2) is 7.35. The lowest BCUT2D eigenvalue weighted by Crippen LogP contribution is -2.10. The maximum absolute atomic E-state index is 13.2. The number of H-pyrrole nitrogens is 1. The van der Waals surface area contributed by atoms with Crippen LogP contribution in [0.25, 0.3) is 11.4 Å². The monoisotopic (exact) mass is 404 g/mol. The molecule has 0 fully saturated rings. The van der Waals surface area contributed by atoms with Crippen LogP contribution in [0.2, 0.25) is 0 Å². The average Bonchev–Trinajstić information content (AvgIpc) is 2.99. The predicted molar refractivity (Wildman–Crippen MR) is 106 cm³/mol. The Morgan fingerprint density at radius 2 is 1.68 bits per heavy atom. The van der Waals surface area contributed by atoms with Crippen LogP contribution in [0.1, 0.15) is 37.5 Å². The van der Waals surface area contributed by atoms with Gasteiger partial charge in [0.05, 0.1) is 11.8 Å². The molecule has 0 radical (unpaired) electrons. The number of rotatable bonds is 3. The topological polar surface area (TPSA) is 46.0 Å². The van der Waals surface area contributed by atoms with Crippen LogP contribution in [0, 0.1) is 4.77 Å². The van der Waals surface area contributed by atoms with Crippen LogP contribution >= 0.6 is 12.2 Å². The first kappa shape index (κ1) is 20.0. The fourth-order valence-electron chi connectivity index (χ4n) is 2.69. The smallest absolute Gasteiger partial charge is 0.250 e. The van der Waals surface area contributed by atoms with Crippen molar-refractivity contribution in [3.05, 3.63) is 70.0 Å². The summed E-state index contributed by atoms with van der Waals surface area (Å²) in [5, 5.41) is 11.0. The molecule has 2 aromatic carbocycles. The van der Waals surface area contributed by atoms with E-state index in [1.165, 1.54) is 22.9 Å². The van der Waals surface area contributed by atoms with E-state index in [1.807, 2.05) is 24.3 Å². The second-order valence-corrected chi connectivity index (χ2v) is 7.71. The standard InChI is InChI=1S/C20H19F3N4S/c1-19(2,3)15-10-8-13(9-11-15)17-25-26-18(28)27(17)24-12-14-6-4-5-7-16(14)20(21,22)23/h4-12H,1-3H3,(H,26,28). The zero-order chi connectivity index (χ0) is 20.5. The third kappa shape index (κ3) is 4.22. The quantitative estimate of drug-likeness (QED) is 0.443. The van der Waals surface area contributed by atoms with E-state index in [2.05, 4.69) is 36.1 Å². The predicted octanol–water partition coefficient (Wildman–Crippen LogP) is 5.81. The first-order valence-electron chi connectivity index (χ1n) is 8.56. The van der Waals surface area contributed by atoms with E-state index in [-0.39, 0.29) is 15.7 Å². The van der Waals surface area contributed by atoms with Crippen molar-refractivity contribution in [1.29, 1.82) is 0 Å². The molecule has 0 spiro atoms.